The molecule has 11 nitrogen and oxygen atoms in total. The monoisotopic (exact) mass is 1210 g/mol. The highest BCUT2D eigenvalue weighted by atomic mass is 15.1. The number of benzene rings is 1. The van der Waals surface area contributed by atoms with Gasteiger partial charge in [-0.3, -0.25) is 24.9 Å². The Morgan fingerprint density at radius 2 is 0.591 bits per heavy atom. The highest BCUT2D eigenvalue weighted by Crippen LogP contribution is 2.14. The summed E-state index contributed by atoms with van der Waals surface area (Å²) in [5, 5.41) is 7.43. The van der Waals surface area contributed by atoms with Gasteiger partial charge < -0.3 is 0 Å². The van der Waals surface area contributed by atoms with E-state index in [2.05, 4.69) is 196 Å². The van der Waals surface area contributed by atoms with Gasteiger partial charge in [-0.15, -0.1) is 0 Å². The molecule has 8 aromatic rings. The molecule has 0 N–H and O–H groups in total. The van der Waals surface area contributed by atoms with Crippen molar-refractivity contribution in [1.82, 2.24) is 55.1 Å². The van der Waals surface area contributed by atoms with E-state index in [1.165, 1.54) is 27.8 Å². The lowest BCUT2D eigenvalue weighted by Gasteiger charge is -2.01. The number of aromatic nitrogens is 11. The molecule has 0 aliphatic heterocycles. The van der Waals surface area contributed by atoms with Gasteiger partial charge in [0.25, 0.3) is 0 Å². The highest BCUT2D eigenvalue weighted by Gasteiger charge is 2.00. The molecule has 496 valence electrons. The third kappa shape index (κ3) is 60.7. The van der Waals surface area contributed by atoms with Crippen LogP contribution in [0.25, 0.3) is 0 Å². The minimum atomic E-state index is 0.485. The lowest BCUT2D eigenvalue weighted by molar-refractivity contribution is 0.812. The van der Waals surface area contributed by atoms with Crippen molar-refractivity contribution in [1.29, 1.82) is 0 Å². The van der Waals surface area contributed by atoms with Crippen molar-refractivity contribution < 1.29 is 0 Å². The van der Waals surface area contributed by atoms with Crippen LogP contribution in [0, 0.1) is 0 Å². The molecule has 1 aromatic carbocycles. The normalized spacial score (nSPS) is 8.82. The summed E-state index contributed by atoms with van der Waals surface area (Å²) < 4.78 is 0. The number of nitrogens with zero attached hydrogens (tertiary/aromatic N) is 11. The molecule has 0 unspecified atom stereocenters. The van der Waals surface area contributed by atoms with Gasteiger partial charge in [-0.25, -0.2) is 19.9 Å². The van der Waals surface area contributed by atoms with Gasteiger partial charge >= 0.3 is 0 Å². The topological polar surface area (TPSA) is 142 Å². The number of pyridine rings is 3. The van der Waals surface area contributed by atoms with Crippen LogP contribution in [0.3, 0.4) is 0 Å². The first-order valence-electron chi connectivity index (χ1n) is 33.2. The molecule has 0 aliphatic carbocycles. The third-order valence-corrected chi connectivity index (χ3v) is 10.4. The molecule has 0 fully saturated rings. The SMILES string of the molecule is CC.CC.CC.CC.CC.CC.CC.CC.CC(C)c1ccccc1.CC(C)c1ccccn1.CC(C)c1cccnc1.CC(C)c1ccncc1.CC(C)c1ccncn1.CC(C)c1ccnnc1.CC(C)c1cnccn1.CC(C)c1cncnc1. The van der Waals surface area contributed by atoms with Crippen molar-refractivity contribution in [2.45, 2.75) is 269 Å². The molecule has 0 bridgehead atoms. The molecule has 0 spiro atoms. The van der Waals surface area contributed by atoms with Crippen molar-refractivity contribution in [3.05, 3.63) is 223 Å². The second-order valence-electron chi connectivity index (χ2n) is 19.1. The molecule has 7 heterocycles. The van der Waals surface area contributed by atoms with Crippen LogP contribution in [-0.2, 0) is 0 Å². The lowest BCUT2D eigenvalue weighted by Crippen LogP contribution is -1.91. The van der Waals surface area contributed by atoms with E-state index in [9.17, 15) is 0 Å². The van der Waals surface area contributed by atoms with Crippen LogP contribution in [0.5, 0.6) is 0 Å². The summed E-state index contributed by atoms with van der Waals surface area (Å²) in [5.74, 6) is 4.50. The molecular formula is C77H133N11. The minimum absolute atomic E-state index is 0.485. The molecule has 0 amide bonds. The molecular weight excluding hydrogens is 1080 g/mol. The zero-order chi connectivity index (χ0) is 69.5. The zero-order valence-electron chi connectivity index (χ0n) is 62.3. The second-order valence-corrected chi connectivity index (χ2v) is 19.1. The van der Waals surface area contributed by atoms with E-state index >= 15 is 0 Å². The van der Waals surface area contributed by atoms with Crippen molar-refractivity contribution >= 4 is 0 Å². The predicted molar refractivity (Wildman–Crippen MR) is 391 cm³/mol. The van der Waals surface area contributed by atoms with Gasteiger partial charge in [0.15, 0.2) is 0 Å². The molecule has 0 saturated heterocycles. The maximum absolute atomic E-state index is 4.18. The van der Waals surface area contributed by atoms with E-state index < -0.39 is 0 Å². The van der Waals surface area contributed by atoms with Crippen molar-refractivity contribution in [3.63, 3.8) is 0 Å². The molecule has 7 aromatic heterocycles. The van der Waals surface area contributed by atoms with Gasteiger partial charge in [0.2, 0.25) is 0 Å². The van der Waals surface area contributed by atoms with E-state index in [-0.39, 0.29) is 0 Å². The fraction of sp³-hybridized carbons (Fsp3) is 0.519. The van der Waals surface area contributed by atoms with Gasteiger partial charge in [-0.2, -0.15) is 10.2 Å². The molecule has 0 aliphatic rings. The van der Waals surface area contributed by atoms with Gasteiger partial charge in [0.1, 0.15) is 12.7 Å². The van der Waals surface area contributed by atoms with Crippen LogP contribution < -0.4 is 0 Å². The van der Waals surface area contributed by atoms with Gasteiger partial charge in [0, 0.05) is 85.7 Å². The van der Waals surface area contributed by atoms with E-state index in [4.69, 9.17) is 0 Å². The molecule has 0 radical (unpaired) electrons. The Kier molecular flexibility index (Phi) is 84.1. The Morgan fingerprint density at radius 3 is 0.864 bits per heavy atom. The average molecular weight is 1210 g/mol. The zero-order valence-corrected chi connectivity index (χ0v) is 62.3. The minimum Gasteiger partial charge on any atom is -0.265 e. The number of hydrogen-bond donors (Lipinski definition) is 0. The van der Waals surface area contributed by atoms with E-state index in [1.807, 2.05) is 203 Å². The first-order valence-corrected chi connectivity index (χ1v) is 33.2. The quantitative estimate of drug-likeness (QED) is 0.143. The Bertz CT molecular complexity index is 1870. The molecule has 8 rings (SSSR count). The Hall–Kier alpha value is -7.01. The first-order chi connectivity index (χ1) is 42.4. The molecule has 88 heavy (non-hydrogen) atoms. The summed E-state index contributed by atoms with van der Waals surface area (Å²) in [7, 11) is 0. The van der Waals surface area contributed by atoms with Crippen molar-refractivity contribution in [3.8, 4) is 0 Å². The summed E-state index contributed by atoms with van der Waals surface area (Å²) in [5.41, 5.74) is 9.82. The highest BCUT2D eigenvalue weighted by molar-refractivity contribution is 5.18. The lowest BCUT2D eigenvalue weighted by atomic mass is 10.0. The molecule has 11 heteroatoms. The first kappa shape index (κ1) is 97.3. The predicted octanol–water partition coefficient (Wildman–Crippen LogP) is 24.0. The Balaban J connectivity index is -0.000000134. The van der Waals surface area contributed by atoms with Crippen LogP contribution >= 0.6 is 0 Å². The fourth-order valence-corrected chi connectivity index (χ4v) is 5.52. The Morgan fingerprint density at radius 1 is 0.205 bits per heavy atom. The van der Waals surface area contributed by atoms with E-state index in [0.29, 0.717) is 47.3 Å². The number of rotatable bonds is 8. The second kappa shape index (κ2) is 76.1. The van der Waals surface area contributed by atoms with E-state index in [0.717, 1.165) is 17.1 Å². The van der Waals surface area contributed by atoms with Crippen molar-refractivity contribution in [2.24, 2.45) is 0 Å². The van der Waals surface area contributed by atoms with Crippen LogP contribution in [0.2, 0.25) is 0 Å². The fourth-order valence-electron chi connectivity index (χ4n) is 5.52. The molecule has 0 atom stereocenters. The smallest absolute Gasteiger partial charge is 0.115 e. The van der Waals surface area contributed by atoms with Crippen LogP contribution in [-0.4, -0.2) is 55.1 Å². The van der Waals surface area contributed by atoms with Crippen LogP contribution in [0.15, 0.2) is 178 Å². The van der Waals surface area contributed by atoms with Crippen LogP contribution in [0.1, 0.15) is 314 Å². The number of hydrogen-bond acceptors (Lipinski definition) is 11. The molecule has 0 saturated carbocycles. The average Bonchev–Trinajstić information content (AvgIpc) is 3.61. The summed E-state index contributed by atoms with van der Waals surface area (Å²) in [6.07, 6.45) is 26.5. The Labute approximate surface area is 544 Å². The maximum Gasteiger partial charge on any atom is 0.115 e. The standard InChI is InChI=1S/C9H12.3C8H11N.4C7H10N2.8C2H6/c1-8(2)9-6-4-3-5-7-9;1-7(2)8-3-5-9-6-4-8;1-7(2)8-4-3-5-9-6-8;1-7(2)8-5-3-4-6-9-8;1-6(2)7-3-8-5-9-4-7;1-6(2)7-5-8-3-4-9-7;1-6(2)7-3-4-8-5-9-7;1-6(2)7-3-4-8-9-5-7;8*1-2/h3-8H,1-2H3;3*3-7H,1-2H3;4*3-6H,1-2H3;8*1-2H3. The summed E-state index contributed by atoms with van der Waals surface area (Å²) in [6, 6.07) is 28.6. The largest absolute Gasteiger partial charge is 0.265 e. The van der Waals surface area contributed by atoms with Gasteiger partial charge in [-0.1, -0.05) is 264 Å². The summed E-state index contributed by atoms with van der Waals surface area (Å²) in [4.78, 5) is 35.8. The van der Waals surface area contributed by atoms with Crippen LogP contribution in [0.4, 0.5) is 0 Å². The summed E-state index contributed by atoms with van der Waals surface area (Å²) in [6.45, 7) is 66.3. The maximum atomic E-state index is 4.18. The van der Waals surface area contributed by atoms with Gasteiger partial charge in [-0.05, 0) is 118 Å². The van der Waals surface area contributed by atoms with Gasteiger partial charge in [0.05, 0.1) is 11.9 Å². The van der Waals surface area contributed by atoms with Crippen molar-refractivity contribution in [2.75, 3.05) is 0 Å². The van der Waals surface area contributed by atoms with E-state index in [1.54, 1.807) is 56.0 Å². The third-order valence-electron chi connectivity index (χ3n) is 10.4. The summed E-state index contributed by atoms with van der Waals surface area (Å²) >= 11 is 0.